The summed E-state index contributed by atoms with van der Waals surface area (Å²) >= 11 is 0. The predicted molar refractivity (Wildman–Crippen MR) is 90.0 cm³/mol. The smallest absolute Gasteiger partial charge is 0.257 e. The standard InChI is InChI=1S/C18H21N3O4/c1-13-15(6-10-24-13)18(23)21-9-11-25-16(12-21)17(22)20-8-5-14-4-2-3-7-19-14/h2-4,6-7,10,16H,5,8-9,11-12H2,1H3,(H,20,22)/t16-/m1/s1. The maximum absolute atomic E-state index is 12.5. The van der Waals surface area contributed by atoms with Gasteiger partial charge >= 0.3 is 0 Å². The van der Waals surface area contributed by atoms with Crippen molar-refractivity contribution in [2.24, 2.45) is 0 Å². The average Bonchev–Trinajstić information content (AvgIpc) is 3.08. The van der Waals surface area contributed by atoms with Crippen LogP contribution >= 0.6 is 0 Å². The number of nitrogens with one attached hydrogen (secondary N) is 1. The van der Waals surface area contributed by atoms with E-state index in [9.17, 15) is 9.59 Å². The van der Waals surface area contributed by atoms with Gasteiger partial charge in [-0.05, 0) is 25.1 Å². The molecule has 1 aliphatic rings. The van der Waals surface area contributed by atoms with Crippen LogP contribution in [0.2, 0.25) is 0 Å². The SMILES string of the molecule is Cc1occc1C(=O)N1CCO[C@@H](C(=O)NCCc2ccccn2)C1. The van der Waals surface area contributed by atoms with Gasteiger partial charge in [0, 0.05) is 31.4 Å². The Balaban J connectivity index is 1.51. The van der Waals surface area contributed by atoms with Crippen LogP contribution < -0.4 is 5.32 Å². The van der Waals surface area contributed by atoms with Gasteiger partial charge in [-0.1, -0.05) is 6.07 Å². The molecule has 0 bridgehead atoms. The molecule has 1 aliphatic heterocycles. The monoisotopic (exact) mass is 343 g/mol. The van der Waals surface area contributed by atoms with Gasteiger partial charge in [-0.25, -0.2) is 0 Å². The summed E-state index contributed by atoms with van der Waals surface area (Å²) in [4.78, 5) is 30.7. The van der Waals surface area contributed by atoms with E-state index >= 15 is 0 Å². The zero-order valence-corrected chi connectivity index (χ0v) is 14.1. The summed E-state index contributed by atoms with van der Waals surface area (Å²) in [6.07, 6.45) is 3.21. The maximum atomic E-state index is 12.5. The second kappa shape index (κ2) is 7.94. The summed E-state index contributed by atoms with van der Waals surface area (Å²) in [5.74, 6) is 0.228. The van der Waals surface area contributed by atoms with E-state index in [-0.39, 0.29) is 18.4 Å². The molecular weight excluding hydrogens is 322 g/mol. The van der Waals surface area contributed by atoms with Crippen LogP contribution in [0.3, 0.4) is 0 Å². The molecule has 1 fully saturated rings. The topological polar surface area (TPSA) is 84.7 Å². The minimum Gasteiger partial charge on any atom is -0.469 e. The van der Waals surface area contributed by atoms with E-state index in [0.29, 0.717) is 37.4 Å². The molecule has 3 rings (SSSR count). The van der Waals surface area contributed by atoms with Crippen molar-refractivity contribution in [1.82, 2.24) is 15.2 Å². The number of morpholine rings is 1. The number of rotatable bonds is 5. The molecule has 1 N–H and O–H groups in total. The molecular formula is C18H21N3O4. The van der Waals surface area contributed by atoms with Crippen molar-refractivity contribution in [2.75, 3.05) is 26.2 Å². The van der Waals surface area contributed by atoms with E-state index in [1.165, 1.54) is 6.26 Å². The molecule has 2 aromatic heterocycles. The molecule has 7 nitrogen and oxygen atoms in total. The fourth-order valence-electron chi connectivity index (χ4n) is 2.74. The van der Waals surface area contributed by atoms with E-state index in [1.807, 2.05) is 18.2 Å². The van der Waals surface area contributed by atoms with Crippen LogP contribution in [0.15, 0.2) is 41.1 Å². The number of nitrogens with zero attached hydrogens (tertiary/aromatic N) is 2. The van der Waals surface area contributed by atoms with Crippen LogP contribution in [0.5, 0.6) is 0 Å². The van der Waals surface area contributed by atoms with Gasteiger partial charge in [0.25, 0.3) is 11.8 Å². The number of carbonyl (C=O) groups is 2. The van der Waals surface area contributed by atoms with Crippen molar-refractivity contribution in [1.29, 1.82) is 0 Å². The number of hydrogen-bond acceptors (Lipinski definition) is 5. The molecule has 1 saturated heterocycles. The third-order valence-electron chi connectivity index (χ3n) is 4.14. The lowest BCUT2D eigenvalue weighted by Crippen LogP contribution is -2.51. The fourth-order valence-corrected chi connectivity index (χ4v) is 2.74. The second-order valence-corrected chi connectivity index (χ2v) is 5.86. The number of aryl methyl sites for hydroxylation is 1. The summed E-state index contributed by atoms with van der Waals surface area (Å²) in [6.45, 7) is 3.25. The third kappa shape index (κ3) is 4.24. The lowest BCUT2D eigenvalue weighted by atomic mass is 10.2. The lowest BCUT2D eigenvalue weighted by molar-refractivity contribution is -0.137. The van der Waals surface area contributed by atoms with E-state index in [0.717, 1.165) is 5.69 Å². The van der Waals surface area contributed by atoms with Crippen LogP contribution in [0.4, 0.5) is 0 Å². The van der Waals surface area contributed by atoms with Crippen molar-refractivity contribution < 1.29 is 18.7 Å². The zero-order valence-electron chi connectivity index (χ0n) is 14.1. The van der Waals surface area contributed by atoms with Gasteiger partial charge in [0.15, 0.2) is 6.10 Å². The Morgan fingerprint density at radius 1 is 1.36 bits per heavy atom. The zero-order chi connectivity index (χ0) is 17.6. The fraction of sp³-hybridized carbons (Fsp3) is 0.389. The molecule has 132 valence electrons. The number of ether oxygens (including phenoxy) is 1. The quantitative estimate of drug-likeness (QED) is 0.881. The van der Waals surface area contributed by atoms with Crippen LogP contribution in [0.25, 0.3) is 0 Å². The summed E-state index contributed by atoms with van der Waals surface area (Å²) in [5, 5.41) is 2.85. The summed E-state index contributed by atoms with van der Waals surface area (Å²) in [7, 11) is 0. The Bertz CT molecular complexity index is 729. The first-order chi connectivity index (χ1) is 12.1. The van der Waals surface area contributed by atoms with Crippen LogP contribution in [0.1, 0.15) is 21.8 Å². The van der Waals surface area contributed by atoms with Crippen LogP contribution in [-0.2, 0) is 16.0 Å². The minimum atomic E-state index is -0.659. The summed E-state index contributed by atoms with van der Waals surface area (Å²) in [6, 6.07) is 7.33. The number of hydrogen-bond donors (Lipinski definition) is 1. The highest BCUT2D eigenvalue weighted by Gasteiger charge is 2.30. The van der Waals surface area contributed by atoms with Gasteiger partial charge in [0.05, 0.1) is 25.0 Å². The largest absolute Gasteiger partial charge is 0.469 e. The number of amides is 2. The average molecular weight is 343 g/mol. The number of furan rings is 1. The van der Waals surface area contributed by atoms with Gasteiger partial charge in [0.2, 0.25) is 0 Å². The predicted octanol–water partition coefficient (Wildman–Crippen LogP) is 1.18. The molecule has 0 aromatic carbocycles. The molecule has 0 unspecified atom stereocenters. The van der Waals surface area contributed by atoms with Crippen molar-refractivity contribution in [3.05, 3.63) is 53.7 Å². The van der Waals surface area contributed by atoms with Gasteiger partial charge in [0.1, 0.15) is 5.76 Å². The van der Waals surface area contributed by atoms with Crippen molar-refractivity contribution in [3.63, 3.8) is 0 Å². The highest BCUT2D eigenvalue weighted by atomic mass is 16.5. The van der Waals surface area contributed by atoms with Gasteiger partial charge in [-0.3, -0.25) is 14.6 Å². The van der Waals surface area contributed by atoms with Crippen molar-refractivity contribution in [3.8, 4) is 0 Å². The number of aromatic nitrogens is 1. The molecule has 1 atom stereocenters. The Hall–Kier alpha value is -2.67. The highest BCUT2D eigenvalue weighted by Crippen LogP contribution is 2.15. The van der Waals surface area contributed by atoms with Crippen LogP contribution in [-0.4, -0.2) is 54.0 Å². The molecule has 3 heterocycles. The molecule has 25 heavy (non-hydrogen) atoms. The number of carbonyl (C=O) groups excluding carboxylic acids is 2. The first kappa shape index (κ1) is 17.2. The summed E-state index contributed by atoms with van der Waals surface area (Å²) < 4.78 is 10.7. The van der Waals surface area contributed by atoms with Crippen molar-refractivity contribution in [2.45, 2.75) is 19.4 Å². The Morgan fingerprint density at radius 3 is 2.96 bits per heavy atom. The van der Waals surface area contributed by atoms with Crippen molar-refractivity contribution >= 4 is 11.8 Å². The maximum Gasteiger partial charge on any atom is 0.257 e. The highest BCUT2D eigenvalue weighted by molar-refractivity contribution is 5.95. The number of pyridine rings is 1. The molecule has 0 aliphatic carbocycles. The molecule has 2 amide bonds. The minimum absolute atomic E-state index is 0.138. The van der Waals surface area contributed by atoms with Gasteiger partial charge in [-0.2, -0.15) is 0 Å². The molecule has 2 aromatic rings. The van der Waals surface area contributed by atoms with E-state index in [4.69, 9.17) is 9.15 Å². The summed E-state index contributed by atoms with van der Waals surface area (Å²) in [5.41, 5.74) is 1.44. The van der Waals surface area contributed by atoms with Crippen LogP contribution in [0, 0.1) is 6.92 Å². The van der Waals surface area contributed by atoms with E-state index in [2.05, 4.69) is 10.3 Å². The molecule has 7 heteroatoms. The first-order valence-electron chi connectivity index (χ1n) is 8.28. The van der Waals surface area contributed by atoms with Gasteiger partial charge < -0.3 is 19.4 Å². The molecule has 0 saturated carbocycles. The lowest BCUT2D eigenvalue weighted by Gasteiger charge is -2.32. The van der Waals surface area contributed by atoms with Gasteiger partial charge in [-0.15, -0.1) is 0 Å². The first-order valence-corrected chi connectivity index (χ1v) is 8.28. The molecule has 0 radical (unpaired) electrons. The Kier molecular flexibility index (Phi) is 5.45. The van der Waals surface area contributed by atoms with E-state index in [1.54, 1.807) is 24.1 Å². The third-order valence-corrected chi connectivity index (χ3v) is 4.14. The normalized spacial score (nSPS) is 17.3. The second-order valence-electron chi connectivity index (χ2n) is 5.86. The Labute approximate surface area is 146 Å². The van der Waals surface area contributed by atoms with E-state index < -0.39 is 6.10 Å². The Morgan fingerprint density at radius 2 is 2.24 bits per heavy atom. The molecule has 0 spiro atoms.